The van der Waals surface area contributed by atoms with Crippen molar-refractivity contribution in [2.75, 3.05) is 12.8 Å². The molecule has 0 fully saturated rings. The molecule has 0 heterocycles. The number of nitrogen functional groups attached to an aromatic ring is 1. The van der Waals surface area contributed by atoms with Crippen LogP contribution in [0.15, 0.2) is 48.5 Å². The molecule has 0 radical (unpaired) electrons. The number of phenols is 1. The number of rotatable bonds is 3. The van der Waals surface area contributed by atoms with E-state index in [-0.39, 0.29) is 11.7 Å². The molecule has 0 saturated heterocycles. The number of aromatic hydroxyl groups is 1. The third-order valence-electron chi connectivity index (χ3n) is 2.88. The summed E-state index contributed by atoms with van der Waals surface area (Å²) in [5, 5.41) is 9.43. The molecule has 0 aliphatic heterocycles. The van der Waals surface area contributed by atoms with Crippen LogP contribution in [0.4, 0.5) is 5.69 Å². The number of anilines is 1. The predicted octanol–water partition coefficient (Wildman–Crippen LogP) is 2.25. The van der Waals surface area contributed by atoms with Crippen molar-refractivity contribution >= 4 is 11.6 Å². The first-order valence-corrected chi connectivity index (χ1v) is 5.96. The van der Waals surface area contributed by atoms with Crippen LogP contribution in [-0.4, -0.2) is 23.0 Å². The first-order chi connectivity index (χ1) is 9.08. The first-order valence-electron chi connectivity index (χ1n) is 5.96. The van der Waals surface area contributed by atoms with Crippen molar-refractivity contribution in [2.45, 2.75) is 6.54 Å². The summed E-state index contributed by atoms with van der Waals surface area (Å²) >= 11 is 0. The first kappa shape index (κ1) is 13.0. The molecule has 0 aliphatic carbocycles. The average molecular weight is 256 g/mol. The third kappa shape index (κ3) is 3.04. The van der Waals surface area contributed by atoms with Gasteiger partial charge in [0.25, 0.3) is 5.91 Å². The fourth-order valence-electron chi connectivity index (χ4n) is 1.86. The van der Waals surface area contributed by atoms with Crippen LogP contribution in [0.25, 0.3) is 0 Å². The van der Waals surface area contributed by atoms with Crippen molar-refractivity contribution in [1.29, 1.82) is 0 Å². The minimum atomic E-state index is -0.211. The molecule has 3 N–H and O–H groups in total. The van der Waals surface area contributed by atoms with Crippen LogP contribution in [0.3, 0.4) is 0 Å². The summed E-state index contributed by atoms with van der Waals surface area (Å²) in [4.78, 5) is 13.8. The average Bonchev–Trinajstić information content (AvgIpc) is 2.42. The Balaban J connectivity index is 2.17. The zero-order valence-corrected chi connectivity index (χ0v) is 10.7. The maximum absolute atomic E-state index is 12.3. The van der Waals surface area contributed by atoms with Crippen molar-refractivity contribution in [3.8, 4) is 5.75 Å². The smallest absolute Gasteiger partial charge is 0.256 e. The van der Waals surface area contributed by atoms with Gasteiger partial charge in [-0.05, 0) is 23.8 Å². The highest BCUT2D eigenvalue weighted by atomic mass is 16.3. The van der Waals surface area contributed by atoms with Crippen molar-refractivity contribution < 1.29 is 9.90 Å². The molecular weight excluding hydrogens is 240 g/mol. The number of nitrogens with two attached hydrogens (primary N) is 1. The van der Waals surface area contributed by atoms with Gasteiger partial charge in [-0.3, -0.25) is 4.79 Å². The van der Waals surface area contributed by atoms with E-state index in [0.717, 1.165) is 5.56 Å². The molecule has 2 aromatic rings. The van der Waals surface area contributed by atoms with Gasteiger partial charge in [-0.15, -0.1) is 0 Å². The van der Waals surface area contributed by atoms with Crippen LogP contribution < -0.4 is 5.73 Å². The SMILES string of the molecule is CN(Cc1ccccc1)C(=O)c1cc(O)ccc1N. The monoisotopic (exact) mass is 256 g/mol. The van der Waals surface area contributed by atoms with E-state index in [1.54, 1.807) is 11.9 Å². The van der Waals surface area contributed by atoms with E-state index in [9.17, 15) is 9.90 Å². The van der Waals surface area contributed by atoms with E-state index in [1.165, 1.54) is 18.2 Å². The highest BCUT2D eigenvalue weighted by Gasteiger charge is 2.15. The van der Waals surface area contributed by atoms with Gasteiger partial charge >= 0.3 is 0 Å². The van der Waals surface area contributed by atoms with Gasteiger partial charge in [-0.25, -0.2) is 0 Å². The van der Waals surface area contributed by atoms with Crippen molar-refractivity contribution in [2.24, 2.45) is 0 Å². The van der Waals surface area contributed by atoms with Gasteiger partial charge in [-0.1, -0.05) is 30.3 Å². The van der Waals surface area contributed by atoms with E-state index in [4.69, 9.17) is 5.73 Å². The van der Waals surface area contributed by atoms with E-state index >= 15 is 0 Å². The Morgan fingerprint density at radius 1 is 1.21 bits per heavy atom. The van der Waals surface area contributed by atoms with Gasteiger partial charge < -0.3 is 15.7 Å². The molecule has 4 heteroatoms. The van der Waals surface area contributed by atoms with Crippen LogP contribution >= 0.6 is 0 Å². The van der Waals surface area contributed by atoms with Crippen molar-refractivity contribution in [3.05, 3.63) is 59.7 Å². The number of amides is 1. The minimum absolute atomic E-state index is 0.0330. The van der Waals surface area contributed by atoms with Crippen molar-refractivity contribution in [3.63, 3.8) is 0 Å². The lowest BCUT2D eigenvalue weighted by Crippen LogP contribution is -2.26. The fourth-order valence-corrected chi connectivity index (χ4v) is 1.86. The molecule has 19 heavy (non-hydrogen) atoms. The molecule has 0 atom stereocenters. The Kier molecular flexibility index (Phi) is 3.71. The Morgan fingerprint density at radius 2 is 1.89 bits per heavy atom. The standard InChI is InChI=1S/C15H16N2O2/c1-17(10-11-5-3-2-4-6-11)15(19)13-9-12(18)7-8-14(13)16/h2-9,18H,10,16H2,1H3. The lowest BCUT2D eigenvalue weighted by molar-refractivity contribution is 0.0785. The molecule has 0 spiro atoms. The van der Waals surface area contributed by atoms with E-state index in [2.05, 4.69) is 0 Å². The summed E-state index contributed by atoms with van der Waals surface area (Å²) in [6.45, 7) is 0.495. The number of hydrogen-bond donors (Lipinski definition) is 2. The second kappa shape index (κ2) is 5.44. The molecule has 1 amide bonds. The van der Waals surface area contributed by atoms with Gasteiger partial charge in [0.15, 0.2) is 0 Å². The Morgan fingerprint density at radius 3 is 2.58 bits per heavy atom. The molecule has 0 saturated carbocycles. The molecule has 98 valence electrons. The van der Waals surface area contributed by atoms with Gasteiger partial charge in [-0.2, -0.15) is 0 Å². The maximum atomic E-state index is 12.3. The normalized spacial score (nSPS) is 10.2. The Labute approximate surface area is 112 Å². The second-order valence-corrected chi connectivity index (χ2v) is 4.42. The summed E-state index contributed by atoms with van der Waals surface area (Å²) in [5.41, 5.74) is 7.48. The van der Waals surface area contributed by atoms with Crippen LogP contribution in [0.5, 0.6) is 5.75 Å². The molecule has 0 aliphatic rings. The molecule has 2 rings (SSSR count). The summed E-state index contributed by atoms with van der Waals surface area (Å²) in [7, 11) is 1.71. The maximum Gasteiger partial charge on any atom is 0.256 e. The summed E-state index contributed by atoms with van der Waals surface area (Å²) in [6, 6.07) is 14.1. The Bertz CT molecular complexity index is 582. The number of phenolic OH excluding ortho intramolecular Hbond substituents is 1. The molecular formula is C15H16N2O2. The van der Waals surface area contributed by atoms with Gasteiger partial charge in [0, 0.05) is 19.3 Å². The van der Waals surface area contributed by atoms with Crippen LogP contribution in [0.2, 0.25) is 0 Å². The summed E-state index contributed by atoms with van der Waals surface area (Å²) in [6.07, 6.45) is 0. The molecule has 0 bridgehead atoms. The van der Waals surface area contributed by atoms with E-state index < -0.39 is 0 Å². The highest BCUT2D eigenvalue weighted by Crippen LogP contribution is 2.20. The van der Waals surface area contributed by atoms with E-state index in [0.29, 0.717) is 17.8 Å². The number of carbonyl (C=O) groups excluding carboxylic acids is 1. The topological polar surface area (TPSA) is 66.6 Å². The number of carbonyl (C=O) groups is 1. The highest BCUT2D eigenvalue weighted by molar-refractivity contribution is 5.99. The fraction of sp³-hybridized carbons (Fsp3) is 0.133. The molecule has 0 aromatic heterocycles. The number of nitrogens with zero attached hydrogens (tertiary/aromatic N) is 1. The lowest BCUT2D eigenvalue weighted by atomic mass is 10.1. The summed E-state index contributed by atoms with van der Waals surface area (Å²) in [5.74, 6) is -0.178. The number of hydrogen-bond acceptors (Lipinski definition) is 3. The van der Waals surface area contributed by atoms with Gasteiger partial charge in [0.2, 0.25) is 0 Å². The second-order valence-electron chi connectivity index (χ2n) is 4.42. The largest absolute Gasteiger partial charge is 0.508 e. The molecule has 0 unspecified atom stereocenters. The van der Waals surface area contributed by atoms with Crippen LogP contribution in [0, 0.1) is 0 Å². The zero-order valence-electron chi connectivity index (χ0n) is 10.7. The van der Waals surface area contributed by atoms with Crippen LogP contribution in [0.1, 0.15) is 15.9 Å². The minimum Gasteiger partial charge on any atom is -0.508 e. The summed E-state index contributed by atoms with van der Waals surface area (Å²) < 4.78 is 0. The van der Waals surface area contributed by atoms with Gasteiger partial charge in [0.05, 0.1) is 5.56 Å². The molecule has 4 nitrogen and oxygen atoms in total. The zero-order chi connectivity index (χ0) is 13.8. The van der Waals surface area contributed by atoms with Crippen molar-refractivity contribution in [1.82, 2.24) is 4.90 Å². The number of benzene rings is 2. The quantitative estimate of drug-likeness (QED) is 0.653. The lowest BCUT2D eigenvalue weighted by Gasteiger charge is -2.18. The van der Waals surface area contributed by atoms with Gasteiger partial charge in [0.1, 0.15) is 5.75 Å². The van der Waals surface area contributed by atoms with E-state index in [1.807, 2.05) is 30.3 Å². The van der Waals surface area contributed by atoms with Crippen LogP contribution in [-0.2, 0) is 6.54 Å². The molecule has 2 aromatic carbocycles. The predicted molar refractivity (Wildman–Crippen MR) is 74.8 cm³/mol. The third-order valence-corrected chi connectivity index (χ3v) is 2.88. The Hall–Kier alpha value is -2.49.